The quantitative estimate of drug-likeness (QED) is 0.740. The number of hydrogen-bond donors (Lipinski definition) is 1. The van der Waals surface area contributed by atoms with Crippen molar-refractivity contribution < 1.29 is 9.53 Å². The number of carbonyl (C=O) groups is 1. The van der Waals surface area contributed by atoms with Crippen LogP contribution in [0, 0.1) is 0 Å². The highest BCUT2D eigenvalue weighted by Crippen LogP contribution is 2.34. The molecule has 0 bridgehead atoms. The van der Waals surface area contributed by atoms with Crippen LogP contribution in [0.4, 0.5) is 0 Å². The van der Waals surface area contributed by atoms with Gasteiger partial charge in [-0.05, 0) is 54.1 Å². The molecular weight excluding hydrogens is 216 g/mol. The van der Waals surface area contributed by atoms with Gasteiger partial charge in [0, 0.05) is 12.1 Å². The number of hydrogen-bond acceptors (Lipinski definition) is 4. The number of ether oxygens (including phenoxy) is 1. The summed E-state index contributed by atoms with van der Waals surface area (Å²) in [6, 6.07) is 0.974. The van der Waals surface area contributed by atoms with Gasteiger partial charge in [0.2, 0.25) is 0 Å². The van der Waals surface area contributed by atoms with Crippen molar-refractivity contribution in [3.05, 3.63) is 0 Å². The van der Waals surface area contributed by atoms with Crippen LogP contribution in [0.3, 0.4) is 0 Å². The van der Waals surface area contributed by atoms with Crippen molar-refractivity contribution in [1.29, 1.82) is 0 Å². The predicted octanol–water partition coefficient (Wildman–Crippen LogP) is 1.40. The largest absolute Gasteiger partial charge is 0.465 e. The van der Waals surface area contributed by atoms with E-state index in [1.54, 1.807) is 0 Å². The van der Waals surface area contributed by atoms with Crippen LogP contribution in [0.25, 0.3) is 0 Å². The van der Waals surface area contributed by atoms with E-state index >= 15 is 0 Å². The summed E-state index contributed by atoms with van der Waals surface area (Å²) in [4.78, 5) is 14.4. The third-order valence-corrected chi connectivity index (χ3v) is 4.02. The van der Waals surface area contributed by atoms with Crippen LogP contribution < -0.4 is 5.32 Å². The van der Waals surface area contributed by atoms with E-state index in [2.05, 4.69) is 31.1 Å². The molecule has 1 saturated carbocycles. The minimum absolute atomic E-state index is 0.0952. The van der Waals surface area contributed by atoms with E-state index in [0.29, 0.717) is 18.7 Å². The Bertz CT molecular complexity index is 268. The Kier molecular flexibility index (Phi) is 4.95. The molecule has 1 fully saturated rings. The average Bonchev–Trinajstić information content (AvgIpc) is 2.73. The summed E-state index contributed by atoms with van der Waals surface area (Å²) in [5.41, 5.74) is -0.468. The van der Waals surface area contributed by atoms with E-state index in [4.69, 9.17) is 4.74 Å². The fraction of sp³-hybridized carbons (Fsp3) is 0.923. The van der Waals surface area contributed by atoms with Crippen LogP contribution in [-0.4, -0.2) is 49.2 Å². The Balaban J connectivity index is 2.70. The van der Waals surface area contributed by atoms with Crippen LogP contribution in [0.2, 0.25) is 0 Å². The highest BCUT2D eigenvalue weighted by atomic mass is 16.5. The van der Waals surface area contributed by atoms with Gasteiger partial charge in [0.25, 0.3) is 0 Å². The lowest BCUT2D eigenvalue weighted by molar-refractivity contribution is -0.151. The SMILES string of the molecule is CCOC(=O)C1(NC)CCC(N(C)C(C)C)C1. The van der Waals surface area contributed by atoms with Crippen LogP contribution in [0.15, 0.2) is 0 Å². The minimum atomic E-state index is -0.468. The van der Waals surface area contributed by atoms with Crippen molar-refractivity contribution in [3.63, 3.8) is 0 Å². The molecule has 2 unspecified atom stereocenters. The van der Waals surface area contributed by atoms with Gasteiger partial charge < -0.3 is 15.0 Å². The lowest BCUT2D eigenvalue weighted by atomic mass is 9.97. The fourth-order valence-electron chi connectivity index (χ4n) is 2.57. The van der Waals surface area contributed by atoms with Crippen LogP contribution in [-0.2, 0) is 9.53 Å². The zero-order chi connectivity index (χ0) is 13.1. The standard InChI is InChI=1S/C13H26N2O2/c1-6-17-12(16)13(14-4)8-7-11(9-13)15(5)10(2)3/h10-11,14H,6-9H2,1-5H3. The molecule has 0 amide bonds. The molecule has 2 atom stereocenters. The normalized spacial score (nSPS) is 29.0. The summed E-state index contributed by atoms with van der Waals surface area (Å²) >= 11 is 0. The van der Waals surface area contributed by atoms with Crippen molar-refractivity contribution in [2.75, 3.05) is 20.7 Å². The van der Waals surface area contributed by atoms with Gasteiger partial charge in [-0.2, -0.15) is 0 Å². The van der Waals surface area contributed by atoms with Gasteiger partial charge in [-0.3, -0.25) is 4.79 Å². The first-order valence-electron chi connectivity index (χ1n) is 6.55. The molecule has 4 nitrogen and oxygen atoms in total. The summed E-state index contributed by atoms with van der Waals surface area (Å²) in [7, 11) is 3.99. The molecule has 4 heteroatoms. The highest BCUT2D eigenvalue weighted by molar-refractivity contribution is 5.81. The maximum Gasteiger partial charge on any atom is 0.326 e. The summed E-state index contributed by atoms with van der Waals surface area (Å²) in [6.07, 6.45) is 2.76. The van der Waals surface area contributed by atoms with Gasteiger partial charge in [0.05, 0.1) is 6.61 Å². The van der Waals surface area contributed by atoms with E-state index < -0.39 is 5.54 Å². The Morgan fingerprint density at radius 3 is 2.71 bits per heavy atom. The van der Waals surface area contributed by atoms with Crippen LogP contribution in [0.1, 0.15) is 40.0 Å². The molecule has 0 heterocycles. The molecule has 1 N–H and O–H groups in total. The van der Waals surface area contributed by atoms with Crippen molar-refractivity contribution >= 4 is 5.97 Å². The Morgan fingerprint density at radius 1 is 1.59 bits per heavy atom. The first-order valence-corrected chi connectivity index (χ1v) is 6.55. The smallest absolute Gasteiger partial charge is 0.326 e. The fourth-order valence-corrected chi connectivity index (χ4v) is 2.57. The molecule has 0 aromatic carbocycles. The molecule has 1 aliphatic rings. The zero-order valence-electron chi connectivity index (χ0n) is 11.7. The van der Waals surface area contributed by atoms with Gasteiger partial charge in [0.15, 0.2) is 0 Å². The third-order valence-electron chi connectivity index (χ3n) is 4.02. The van der Waals surface area contributed by atoms with Crippen molar-refractivity contribution in [3.8, 4) is 0 Å². The molecule has 0 saturated heterocycles. The van der Waals surface area contributed by atoms with Gasteiger partial charge in [-0.1, -0.05) is 0 Å². The first kappa shape index (κ1) is 14.5. The van der Waals surface area contributed by atoms with Gasteiger partial charge in [0.1, 0.15) is 5.54 Å². The second-order valence-corrected chi connectivity index (χ2v) is 5.21. The van der Waals surface area contributed by atoms with E-state index in [-0.39, 0.29) is 5.97 Å². The highest BCUT2D eigenvalue weighted by Gasteiger charge is 2.46. The molecule has 17 heavy (non-hydrogen) atoms. The lowest BCUT2D eigenvalue weighted by Crippen LogP contribution is -2.50. The number of nitrogens with one attached hydrogen (secondary N) is 1. The average molecular weight is 242 g/mol. The molecule has 0 aromatic rings. The van der Waals surface area contributed by atoms with Crippen molar-refractivity contribution in [2.45, 2.75) is 57.7 Å². The summed E-state index contributed by atoms with van der Waals surface area (Å²) in [5.74, 6) is -0.0952. The Morgan fingerprint density at radius 2 is 2.24 bits per heavy atom. The first-order chi connectivity index (χ1) is 7.96. The molecule has 0 radical (unpaired) electrons. The number of esters is 1. The zero-order valence-corrected chi connectivity index (χ0v) is 11.7. The van der Waals surface area contributed by atoms with Gasteiger partial charge in [-0.15, -0.1) is 0 Å². The molecule has 100 valence electrons. The van der Waals surface area contributed by atoms with Gasteiger partial charge in [-0.25, -0.2) is 0 Å². The molecule has 0 aromatic heterocycles. The summed E-state index contributed by atoms with van der Waals surface area (Å²) in [6.45, 7) is 6.67. The maximum absolute atomic E-state index is 12.0. The summed E-state index contributed by atoms with van der Waals surface area (Å²) in [5, 5.41) is 3.18. The Hall–Kier alpha value is -0.610. The topological polar surface area (TPSA) is 41.6 Å². The van der Waals surface area contributed by atoms with Gasteiger partial charge >= 0.3 is 5.97 Å². The number of carbonyl (C=O) groups excluding carboxylic acids is 1. The molecular formula is C13H26N2O2. The van der Waals surface area contributed by atoms with Crippen LogP contribution >= 0.6 is 0 Å². The maximum atomic E-state index is 12.0. The second-order valence-electron chi connectivity index (χ2n) is 5.21. The van der Waals surface area contributed by atoms with E-state index in [0.717, 1.165) is 19.3 Å². The minimum Gasteiger partial charge on any atom is -0.465 e. The molecule has 1 rings (SSSR count). The van der Waals surface area contributed by atoms with Crippen LogP contribution in [0.5, 0.6) is 0 Å². The molecule has 0 aliphatic heterocycles. The lowest BCUT2D eigenvalue weighted by Gasteiger charge is -2.31. The van der Waals surface area contributed by atoms with E-state index in [1.807, 2.05) is 14.0 Å². The number of rotatable bonds is 5. The molecule has 0 spiro atoms. The predicted molar refractivity (Wildman–Crippen MR) is 69.0 cm³/mol. The van der Waals surface area contributed by atoms with Crippen molar-refractivity contribution in [1.82, 2.24) is 10.2 Å². The third kappa shape index (κ3) is 2.99. The number of nitrogens with zero attached hydrogens (tertiary/aromatic N) is 1. The van der Waals surface area contributed by atoms with Crippen molar-refractivity contribution in [2.24, 2.45) is 0 Å². The second kappa shape index (κ2) is 5.83. The van der Waals surface area contributed by atoms with E-state index in [1.165, 1.54) is 0 Å². The monoisotopic (exact) mass is 242 g/mol. The molecule has 1 aliphatic carbocycles. The summed E-state index contributed by atoms with van der Waals surface area (Å²) < 4.78 is 5.19. The Labute approximate surface area is 105 Å². The number of likely N-dealkylation sites (N-methyl/N-ethyl adjacent to an activating group) is 1. The van der Waals surface area contributed by atoms with E-state index in [9.17, 15) is 4.79 Å².